The lowest BCUT2D eigenvalue weighted by molar-refractivity contribution is 0.220. The molecule has 2 atom stereocenters. The minimum Gasteiger partial charge on any atom is -0.0775 e. The first kappa shape index (κ1) is 25.8. The molecule has 192 valence electrons. The standard InChI is InChI=1S/C35H48Si/c1-32(2,3)22-13-15-25-26-16-14-23(33(4,5)6)18-28(26)31(27(25)17-22)35(9)21-34(7,8)29-19-24(20-30(29)35)36(10,11)12/h13-20,30-31H,21H2,1-12H3. The first-order chi connectivity index (χ1) is 16.3. The van der Waals surface area contributed by atoms with Crippen molar-refractivity contribution in [3.05, 3.63) is 81.6 Å². The number of hydrogen-bond donors (Lipinski definition) is 0. The van der Waals surface area contributed by atoms with E-state index in [1.165, 1.54) is 28.7 Å². The molecule has 1 saturated carbocycles. The fourth-order valence-electron chi connectivity index (χ4n) is 7.55. The molecule has 2 aromatic rings. The van der Waals surface area contributed by atoms with Crippen molar-refractivity contribution >= 4 is 8.07 Å². The van der Waals surface area contributed by atoms with Gasteiger partial charge in [-0.05, 0) is 61.5 Å². The highest BCUT2D eigenvalue weighted by Crippen LogP contribution is 2.68. The fraction of sp³-hybridized carbons (Fsp3) is 0.543. The normalized spacial score (nSPS) is 25.4. The molecule has 5 rings (SSSR count). The third kappa shape index (κ3) is 3.83. The predicted molar refractivity (Wildman–Crippen MR) is 161 cm³/mol. The van der Waals surface area contributed by atoms with Gasteiger partial charge < -0.3 is 0 Å². The molecule has 0 amide bonds. The topological polar surface area (TPSA) is 0 Å². The fourth-order valence-corrected chi connectivity index (χ4v) is 8.81. The van der Waals surface area contributed by atoms with E-state index < -0.39 is 8.07 Å². The Kier molecular flexibility index (Phi) is 5.44. The Balaban J connectivity index is 1.77. The second kappa shape index (κ2) is 7.59. The molecular weight excluding hydrogens is 448 g/mol. The number of hydrogen-bond acceptors (Lipinski definition) is 0. The van der Waals surface area contributed by atoms with Gasteiger partial charge in [-0.1, -0.05) is 141 Å². The van der Waals surface area contributed by atoms with Gasteiger partial charge >= 0.3 is 0 Å². The molecule has 0 aromatic heterocycles. The van der Waals surface area contributed by atoms with Gasteiger partial charge in [0.1, 0.15) is 0 Å². The van der Waals surface area contributed by atoms with E-state index in [1.54, 1.807) is 21.9 Å². The molecule has 0 heterocycles. The summed E-state index contributed by atoms with van der Waals surface area (Å²) < 4.78 is 0. The van der Waals surface area contributed by atoms with Gasteiger partial charge in [0.15, 0.2) is 0 Å². The molecule has 2 unspecified atom stereocenters. The Bertz CT molecular complexity index is 1230. The summed E-state index contributed by atoms with van der Waals surface area (Å²) in [6, 6.07) is 14.8. The van der Waals surface area contributed by atoms with Gasteiger partial charge in [0.25, 0.3) is 0 Å². The molecular formula is C35H48Si. The Morgan fingerprint density at radius 1 is 0.750 bits per heavy atom. The summed E-state index contributed by atoms with van der Waals surface area (Å²) in [6.07, 6.45) is 6.58. The summed E-state index contributed by atoms with van der Waals surface area (Å²) in [6.45, 7) is 29.3. The van der Waals surface area contributed by atoms with Gasteiger partial charge in [0.05, 0.1) is 8.07 Å². The van der Waals surface area contributed by atoms with E-state index in [0.29, 0.717) is 11.8 Å². The Morgan fingerprint density at radius 2 is 1.22 bits per heavy atom. The molecule has 0 nitrogen and oxygen atoms in total. The van der Waals surface area contributed by atoms with E-state index in [0.717, 1.165) is 0 Å². The van der Waals surface area contributed by atoms with Crippen LogP contribution in [-0.2, 0) is 10.8 Å². The SMILES string of the molecule is CC1(C)CC(C)(C2c3cc(C(C)(C)C)ccc3-c3ccc(C(C)(C)C)cc32)C2C=C([Si](C)(C)C)C=C21. The molecule has 0 bridgehead atoms. The number of benzene rings is 2. The highest BCUT2D eigenvalue weighted by atomic mass is 28.3. The van der Waals surface area contributed by atoms with Crippen LogP contribution in [-0.4, -0.2) is 8.07 Å². The van der Waals surface area contributed by atoms with E-state index in [4.69, 9.17) is 0 Å². The molecule has 0 radical (unpaired) electrons. The third-order valence-electron chi connectivity index (χ3n) is 9.58. The number of allylic oxidation sites excluding steroid dienone is 4. The van der Waals surface area contributed by atoms with Crippen LogP contribution in [0.5, 0.6) is 0 Å². The average molecular weight is 497 g/mol. The molecule has 0 saturated heterocycles. The highest BCUT2D eigenvalue weighted by Gasteiger charge is 2.58. The van der Waals surface area contributed by atoms with Crippen molar-refractivity contribution in [3.63, 3.8) is 0 Å². The summed E-state index contributed by atoms with van der Waals surface area (Å²) in [5.41, 5.74) is 11.3. The van der Waals surface area contributed by atoms with Crippen molar-refractivity contribution < 1.29 is 0 Å². The maximum Gasteiger partial charge on any atom is 0.0772 e. The molecule has 0 spiro atoms. The van der Waals surface area contributed by atoms with Gasteiger partial charge in [-0.2, -0.15) is 0 Å². The van der Waals surface area contributed by atoms with Gasteiger partial charge in [0.2, 0.25) is 0 Å². The van der Waals surface area contributed by atoms with Gasteiger partial charge in [-0.3, -0.25) is 0 Å². The Labute approximate surface area is 222 Å². The zero-order valence-electron chi connectivity index (χ0n) is 25.0. The summed E-state index contributed by atoms with van der Waals surface area (Å²) >= 11 is 0. The van der Waals surface area contributed by atoms with Gasteiger partial charge in [0, 0.05) is 11.8 Å². The molecule has 1 heteroatoms. The number of fused-ring (bicyclic) bond motifs is 4. The first-order valence-electron chi connectivity index (χ1n) is 14.1. The minimum absolute atomic E-state index is 0.143. The summed E-state index contributed by atoms with van der Waals surface area (Å²) in [7, 11) is -1.38. The second-order valence-corrected chi connectivity index (χ2v) is 21.1. The van der Waals surface area contributed by atoms with E-state index in [2.05, 4.69) is 131 Å². The Hall–Kier alpha value is -1.86. The molecule has 0 aliphatic heterocycles. The monoisotopic (exact) mass is 496 g/mol. The van der Waals surface area contributed by atoms with E-state index in [9.17, 15) is 0 Å². The highest BCUT2D eigenvalue weighted by molar-refractivity contribution is 6.83. The van der Waals surface area contributed by atoms with Crippen molar-refractivity contribution in [3.8, 4) is 11.1 Å². The molecule has 0 N–H and O–H groups in total. The zero-order valence-corrected chi connectivity index (χ0v) is 26.0. The molecule has 1 fully saturated rings. The molecule has 3 aliphatic carbocycles. The van der Waals surface area contributed by atoms with Crippen LogP contribution < -0.4 is 0 Å². The van der Waals surface area contributed by atoms with Crippen molar-refractivity contribution in [2.24, 2.45) is 16.7 Å². The van der Waals surface area contributed by atoms with Crippen LogP contribution in [0.2, 0.25) is 19.6 Å². The first-order valence-corrected chi connectivity index (χ1v) is 17.6. The average Bonchev–Trinajstić information content (AvgIpc) is 3.36. The van der Waals surface area contributed by atoms with Crippen LogP contribution in [0.15, 0.2) is 59.3 Å². The van der Waals surface area contributed by atoms with Crippen LogP contribution in [0.1, 0.15) is 96.9 Å². The van der Waals surface area contributed by atoms with Gasteiger partial charge in [-0.15, -0.1) is 0 Å². The van der Waals surface area contributed by atoms with Crippen molar-refractivity contribution in [2.45, 2.75) is 105 Å². The minimum atomic E-state index is -1.38. The summed E-state index contributed by atoms with van der Waals surface area (Å²) in [5, 5.41) is 1.66. The van der Waals surface area contributed by atoms with E-state index in [1.807, 2.05) is 0 Å². The number of rotatable bonds is 2. The van der Waals surface area contributed by atoms with Crippen molar-refractivity contribution in [1.82, 2.24) is 0 Å². The van der Waals surface area contributed by atoms with Crippen LogP contribution in [0.25, 0.3) is 11.1 Å². The lowest BCUT2D eigenvalue weighted by Crippen LogP contribution is -2.30. The predicted octanol–water partition coefficient (Wildman–Crippen LogP) is 10.2. The van der Waals surface area contributed by atoms with E-state index >= 15 is 0 Å². The quantitative estimate of drug-likeness (QED) is 0.363. The zero-order chi connectivity index (χ0) is 26.6. The smallest absolute Gasteiger partial charge is 0.0772 e. The van der Waals surface area contributed by atoms with Crippen molar-refractivity contribution in [1.29, 1.82) is 0 Å². The third-order valence-corrected chi connectivity index (χ3v) is 11.6. The largest absolute Gasteiger partial charge is 0.0775 e. The summed E-state index contributed by atoms with van der Waals surface area (Å²) in [5.74, 6) is 0.939. The van der Waals surface area contributed by atoms with Crippen molar-refractivity contribution in [2.75, 3.05) is 0 Å². The summed E-state index contributed by atoms with van der Waals surface area (Å²) in [4.78, 5) is 0. The van der Waals surface area contributed by atoms with Crippen LogP contribution in [0, 0.1) is 16.7 Å². The molecule has 3 aliphatic rings. The van der Waals surface area contributed by atoms with Crippen LogP contribution >= 0.6 is 0 Å². The second-order valence-electron chi connectivity index (χ2n) is 16.1. The van der Waals surface area contributed by atoms with Crippen LogP contribution in [0.4, 0.5) is 0 Å². The van der Waals surface area contributed by atoms with Gasteiger partial charge in [-0.25, -0.2) is 0 Å². The maximum absolute atomic E-state index is 2.72. The molecule has 36 heavy (non-hydrogen) atoms. The van der Waals surface area contributed by atoms with E-state index in [-0.39, 0.29) is 21.7 Å². The Morgan fingerprint density at radius 3 is 1.64 bits per heavy atom. The lowest BCUT2D eigenvalue weighted by atomic mass is 9.64. The maximum atomic E-state index is 2.72. The van der Waals surface area contributed by atoms with Crippen LogP contribution in [0.3, 0.4) is 0 Å². The molecule has 2 aromatic carbocycles. The lowest BCUT2D eigenvalue weighted by Gasteiger charge is -2.39.